The number of hydrogen-bond acceptors (Lipinski definition) is 5. The Morgan fingerprint density at radius 3 is 2.34 bits per heavy atom. The fourth-order valence-electron chi connectivity index (χ4n) is 3.37. The third-order valence-electron chi connectivity index (χ3n) is 5.11. The SMILES string of the molecule is C[C@H](CC(=O)N1CCN(S(=O)(=O)c2cccc([N+](=O)[O-])c2)CC1)c1ccccc1. The zero-order valence-corrected chi connectivity index (χ0v) is 16.9. The molecule has 0 bridgehead atoms. The molecule has 1 heterocycles. The van der Waals surface area contributed by atoms with Gasteiger partial charge in [-0.15, -0.1) is 0 Å². The Balaban J connectivity index is 1.61. The largest absolute Gasteiger partial charge is 0.340 e. The minimum absolute atomic E-state index is 0.00579. The first-order chi connectivity index (χ1) is 13.8. The monoisotopic (exact) mass is 417 g/mol. The lowest BCUT2D eigenvalue weighted by molar-refractivity contribution is -0.385. The zero-order chi connectivity index (χ0) is 21.0. The standard InChI is InChI=1S/C20H23N3O5S/c1-16(17-6-3-2-4-7-17)14-20(24)21-10-12-22(13-11-21)29(27,28)19-9-5-8-18(15-19)23(25)26/h2-9,15-16H,10-14H2,1H3/t16-/m1/s1. The summed E-state index contributed by atoms with van der Waals surface area (Å²) in [7, 11) is -3.84. The Hall–Kier alpha value is -2.78. The molecule has 1 fully saturated rings. The molecule has 0 spiro atoms. The second-order valence-corrected chi connectivity index (χ2v) is 8.99. The highest BCUT2D eigenvalue weighted by Crippen LogP contribution is 2.23. The van der Waals surface area contributed by atoms with Gasteiger partial charge in [-0.2, -0.15) is 4.31 Å². The maximum atomic E-state index is 12.8. The summed E-state index contributed by atoms with van der Waals surface area (Å²) in [5.41, 5.74) is 0.822. The quantitative estimate of drug-likeness (QED) is 0.531. The van der Waals surface area contributed by atoms with E-state index in [1.165, 1.54) is 22.5 Å². The van der Waals surface area contributed by atoms with Gasteiger partial charge >= 0.3 is 0 Å². The maximum absolute atomic E-state index is 12.8. The lowest BCUT2D eigenvalue weighted by Gasteiger charge is -2.34. The summed E-state index contributed by atoms with van der Waals surface area (Å²) in [4.78, 5) is 24.5. The summed E-state index contributed by atoms with van der Waals surface area (Å²) in [5, 5.41) is 10.9. The summed E-state index contributed by atoms with van der Waals surface area (Å²) in [5.74, 6) is 0.0732. The Bertz CT molecular complexity index is 986. The molecular weight excluding hydrogens is 394 g/mol. The molecule has 1 atom stereocenters. The van der Waals surface area contributed by atoms with E-state index >= 15 is 0 Å². The van der Waals surface area contributed by atoms with Crippen molar-refractivity contribution in [3.05, 3.63) is 70.3 Å². The summed E-state index contributed by atoms with van der Waals surface area (Å²) < 4.78 is 26.9. The number of nitrogens with zero attached hydrogens (tertiary/aromatic N) is 3. The van der Waals surface area contributed by atoms with Crippen LogP contribution >= 0.6 is 0 Å². The highest BCUT2D eigenvalue weighted by atomic mass is 32.2. The first kappa shape index (κ1) is 20.9. The third kappa shape index (κ3) is 4.80. The number of carbonyl (C=O) groups is 1. The Morgan fingerprint density at radius 1 is 1.07 bits per heavy atom. The fourth-order valence-corrected chi connectivity index (χ4v) is 4.84. The van der Waals surface area contributed by atoms with Crippen LogP contribution < -0.4 is 0 Å². The number of nitro benzene ring substituents is 1. The van der Waals surface area contributed by atoms with E-state index in [0.29, 0.717) is 19.5 Å². The van der Waals surface area contributed by atoms with Gasteiger partial charge in [0.05, 0.1) is 9.82 Å². The molecule has 0 saturated carbocycles. The van der Waals surface area contributed by atoms with Crippen molar-refractivity contribution >= 4 is 21.6 Å². The van der Waals surface area contributed by atoms with E-state index in [0.717, 1.165) is 11.6 Å². The van der Waals surface area contributed by atoms with Crippen LogP contribution in [0.3, 0.4) is 0 Å². The minimum atomic E-state index is -3.84. The number of non-ortho nitro benzene ring substituents is 1. The molecule has 9 heteroatoms. The first-order valence-electron chi connectivity index (χ1n) is 9.36. The van der Waals surface area contributed by atoms with Gasteiger partial charge in [-0.05, 0) is 17.5 Å². The average molecular weight is 417 g/mol. The third-order valence-corrected chi connectivity index (χ3v) is 7.00. The van der Waals surface area contributed by atoms with E-state index in [4.69, 9.17) is 0 Å². The number of benzene rings is 2. The van der Waals surface area contributed by atoms with Gasteiger partial charge < -0.3 is 4.90 Å². The molecule has 0 radical (unpaired) electrons. The second kappa shape index (κ2) is 8.71. The van der Waals surface area contributed by atoms with Crippen molar-refractivity contribution in [2.45, 2.75) is 24.2 Å². The number of nitro groups is 1. The van der Waals surface area contributed by atoms with Crippen LogP contribution in [-0.4, -0.2) is 54.6 Å². The van der Waals surface area contributed by atoms with E-state index in [9.17, 15) is 23.3 Å². The average Bonchev–Trinajstić information content (AvgIpc) is 2.74. The summed E-state index contributed by atoms with van der Waals surface area (Å²) in [6.45, 7) is 2.92. The van der Waals surface area contributed by atoms with Crippen molar-refractivity contribution in [2.75, 3.05) is 26.2 Å². The molecule has 154 valence electrons. The van der Waals surface area contributed by atoms with Crippen molar-refractivity contribution in [1.29, 1.82) is 0 Å². The Labute approximate surface area is 169 Å². The zero-order valence-electron chi connectivity index (χ0n) is 16.1. The highest BCUT2D eigenvalue weighted by Gasteiger charge is 2.31. The van der Waals surface area contributed by atoms with Gasteiger partial charge in [-0.25, -0.2) is 8.42 Å². The van der Waals surface area contributed by atoms with Gasteiger partial charge in [0, 0.05) is 44.7 Å². The molecule has 1 aliphatic heterocycles. The molecule has 0 aliphatic carbocycles. The predicted octanol–water partition coefficient (Wildman–Crippen LogP) is 2.62. The summed E-state index contributed by atoms with van der Waals surface area (Å²) in [6.07, 6.45) is 0.363. The lowest BCUT2D eigenvalue weighted by atomic mass is 9.97. The molecule has 29 heavy (non-hydrogen) atoms. The predicted molar refractivity (Wildman–Crippen MR) is 108 cm³/mol. The van der Waals surface area contributed by atoms with Crippen molar-refractivity contribution in [3.63, 3.8) is 0 Å². The Kier molecular flexibility index (Phi) is 6.29. The normalized spacial score (nSPS) is 16.4. The molecule has 1 saturated heterocycles. The number of amides is 1. The van der Waals surface area contributed by atoms with Crippen LogP contribution in [0, 0.1) is 10.1 Å². The molecule has 0 unspecified atom stereocenters. The van der Waals surface area contributed by atoms with Crippen LogP contribution in [0.25, 0.3) is 0 Å². The van der Waals surface area contributed by atoms with E-state index in [1.54, 1.807) is 4.90 Å². The number of hydrogen-bond donors (Lipinski definition) is 0. The molecule has 2 aromatic rings. The van der Waals surface area contributed by atoms with Crippen LogP contribution in [0.4, 0.5) is 5.69 Å². The molecule has 1 aliphatic rings. The van der Waals surface area contributed by atoms with E-state index in [2.05, 4.69) is 0 Å². The van der Waals surface area contributed by atoms with Gasteiger partial charge in [0.25, 0.3) is 5.69 Å². The van der Waals surface area contributed by atoms with Crippen LogP contribution in [0.15, 0.2) is 59.5 Å². The van der Waals surface area contributed by atoms with Crippen LogP contribution in [-0.2, 0) is 14.8 Å². The van der Waals surface area contributed by atoms with Crippen LogP contribution in [0.1, 0.15) is 24.8 Å². The van der Waals surface area contributed by atoms with Crippen molar-refractivity contribution in [1.82, 2.24) is 9.21 Å². The molecule has 1 amide bonds. The molecule has 3 rings (SSSR count). The van der Waals surface area contributed by atoms with E-state index in [-0.39, 0.29) is 35.5 Å². The topological polar surface area (TPSA) is 101 Å². The second-order valence-electron chi connectivity index (χ2n) is 7.06. The van der Waals surface area contributed by atoms with Gasteiger partial charge in [0.2, 0.25) is 15.9 Å². The number of sulfonamides is 1. The lowest BCUT2D eigenvalue weighted by Crippen LogP contribution is -2.50. The van der Waals surface area contributed by atoms with Gasteiger partial charge in [-0.1, -0.05) is 43.3 Å². The maximum Gasteiger partial charge on any atom is 0.270 e. The molecule has 0 aromatic heterocycles. The molecular formula is C20H23N3O5S. The minimum Gasteiger partial charge on any atom is -0.340 e. The van der Waals surface area contributed by atoms with Crippen molar-refractivity contribution in [2.24, 2.45) is 0 Å². The summed E-state index contributed by atoms with van der Waals surface area (Å²) in [6, 6.07) is 14.8. The van der Waals surface area contributed by atoms with Crippen LogP contribution in [0.2, 0.25) is 0 Å². The number of rotatable bonds is 6. The molecule has 8 nitrogen and oxygen atoms in total. The van der Waals surface area contributed by atoms with Crippen molar-refractivity contribution < 1.29 is 18.1 Å². The van der Waals surface area contributed by atoms with Crippen LogP contribution in [0.5, 0.6) is 0 Å². The van der Waals surface area contributed by atoms with E-state index < -0.39 is 14.9 Å². The first-order valence-corrected chi connectivity index (χ1v) is 10.8. The van der Waals surface area contributed by atoms with Gasteiger partial charge in [-0.3, -0.25) is 14.9 Å². The summed E-state index contributed by atoms with van der Waals surface area (Å²) >= 11 is 0. The Morgan fingerprint density at radius 2 is 1.72 bits per heavy atom. The molecule has 0 N–H and O–H groups in total. The van der Waals surface area contributed by atoms with Gasteiger partial charge in [0.1, 0.15) is 0 Å². The highest BCUT2D eigenvalue weighted by molar-refractivity contribution is 7.89. The van der Waals surface area contributed by atoms with Crippen molar-refractivity contribution in [3.8, 4) is 0 Å². The van der Waals surface area contributed by atoms with E-state index in [1.807, 2.05) is 37.3 Å². The smallest absolute Gasteiger partial charge is 0.270 e. The number of piperazine rings is 1. The number of carbonyl (C=O) groups excluding carboxylic acids is 1. The molecule has 2 aromatic carbocycles. The fraction of sp³-hybridized carbons (Fsp3) is 0.350. The van der Waals surface area contributed by atoms with Gasteiger partial charge in [0.15, 0.2) is 0 Å².